The second-order valence-corrected chi connectivity index (χ2v) is 9.38. The molecule has 160 valence electrons. The van der Waals surface area contributed by atoms with Crippen LogP contribution >= 0.6 is 11.6 Å². The Hall–Kier alpha value is -3.10. The number of carbonyl (C=O) groups is 1. The highest BCUT2D eigenvalue weighted by Gasteiger charge is 2.23. The number of furan rings is 1. The highest BCUT2D eigenvalue weighted by atomic mass is 35.5. The summed E-state index contributed by atoms with van der Waals surface area (Å²) in [5, 5.41) is 9.98. The number of rotatable bonds is 6. The first-order valence-corrected chi connectivity index (χ1v) is 11.1. The number of carboxylic acids is 1. The molecule has 0 fully saturated rings. The van der Waals surface area contributed by atoms with Crippen molar-refractivity contribution in [1.82, 2.24) is 4.57 Å². The van der Waals surface area contributed by atoms with Crippen LogP contribution in [0.1, 0.15) is 17.0 Å². The highest BCUT2D eigenvalue weighted by molar-refractivity contribution is 7.91. The van der Waals surface area contributed by atoms with Gasteiger partial charge in [-0.2, -0.15) is 0 Å². The molecule has 0 saturated carbocycles. The molecule has 0 radical (unpaired) electrons. The molecule has 0 atom stereocenters. The van der Waals surface area contributed by atoms with E-state index in [-0.39, 0.29) is 23.0 Å². The number of hydrogen-bond acceptors (Lipinski definition) is 4. The van der Waals surface area contributed by atoms with Crippen LogP contribution in [-0.2, 0) is 27.6 Å². The van der Waals surface area contributed by atoms with Crippen molar-refractivity contribution in [3.8, 4) is 0 Å². The molecule has 4 aromatic rings. The molecular weight excluding hydrogens is 445 g/mol. The van der Waals surface area contributed by atoms with Crippen LogP contribution in [0.2, 0.25) is 5.02 Å². The predicted octanol–water partition coefficient (Wildman–Crippen LogP) is 4.84. The molecule has 31 heavy (non-hydrogen) atoms. The molecule has 0 bridgehead atoms. The summed E-state index contributed by atoms with van der Waals surface area (Å²) >= 11 is 5.83. The van der Waals surface area contributed by atoms with Gasteiger partial charge in [0.05, 0.1) is 4.90 Å². The molecule has 0 unspecified atom stereocenters. The average molecular weight is 462 g/mol. The number of nitrogens with zero attached hydrogens (tertiary/aromatic N) is 1. The minimum atomic E-state index is -3.87. The number of fused-ring (bicyclic) bond motifs is 1. The van der Waals surface area contributed by atoms with Crippen molar-refractivity contribution in [2.45, 2.75) is 29.9 Å². The quantitative estimate of drug-likeness (QED) is 0.443. The summed E-state index contributed by atoms with van der Waals surface area (Å²) in [4.78, 5) is 11.3. The molecule has 0 aliphatic rings. The molecule has 0 aliphatic carbocycles. The zero-order chi connectivity index (χ0) is 22.3. The second kappa shape index (κ2) is 7.86. The van der Waals surface area contributed by atoms with Gasteiger partial charge in [-0.1, -0.05) is 11.6 Å². The summed E-state index contributed by atoms with van der Waals surface area (Å²) in [5.74, 6) is -1.12. The number of aliphatic carboxylic acids is 1. The van der Waals surface area contributed by atoms with Crippen molar-refractivity contribution < 1.29 is 27.1 Å². The maximum absolute atomic E-state index is 13.9. The maximum atomic E-state index is 13.9. The second-order valence-electron chi connectivity index (χ2n) is 7.06. The summed E-state index contributed by atoms with van der Waals surface area (Å²) in [6.45, 7) is 1.47. The third-order valence-electron chi connectivity index (χ3n) is 5.09. The van der Waals surface area contributed by atoms with Gasteiger partial charge in [0.25, 0.3) is 0 Å². The van der Waals surface area contributed by atoms with E-state index >= 15 is 0 Å². The predicted molar refractivity (Wildman–Crippen MR) is 113 cm³/mol. The van der Waals surface area contributed by atoms with Gasteiger partial charge in [-0.15, -0.1) is 0 Å². The Labute approximate surface area is 182 Å². The van der Waals surface area contributed by atoms with Gasteiger partial charge < -0.3 is 14.1 Å². The van der Waals surface area contributed by atoms with Gasteiger partial charge in [-0.25, -0.2) is 12.8 Å². The third-order valence-corrected chi connectivity index (χ3v) is 6.98. The van der Waals surface area contributed by atoms with Crippen LogP contribution in [0.4, 0.5) is 4.39 Å². The third kappa shape index (κ3) is 3.96. The minimum Gasteiger partial charge on any atom is -0.480 e. The number of carboxylic acid groups (broad SMARTS) is 1. The molecule has 4 rings (SSSR count). The lowest BCUT2D eigenvalue weighted by Gasteiger charge is -2.05. The van der Waals surface area contributed by atoms with Crippen molar-refractivity contribution in [2.75, 3.05) is 0 Å². The lowest BCUT2D eigenvalue weighted by molar-refractivity contribution is -0.137. The Bertz CT molecular complexity index is 1400. The normalized spacial score (nSPS) is 11.8. The zero-order valence-electron chi connectivity index (χ0n) is 16.3. The van der Waals surface area contributed by atoms with Gasteiger partial charge in [-0.05, 0) is 67.1 Å². The summed E-state index contributed by atoms with van der Waals surface area (Å²) in [6, 6.07) is 12.8. The van der Waals surface area contributed by atoms with Crippen molar-refractivity contribution in [3.63, 3.8) is 0 Å². The standard InChI is InChI=1S/C22H17ClFNO5S/c1-13-18(19-10-15(24)4-8-20(19)25(13)12-21(26)27)11-16-5-9-22(30-16)31(28,29)17-6-2-14(23)3-7-17/h2-10H,11-12H2,1H3,(H,26,27). The van der Waals surface area contributed by atoms with E-state index in [9.17, 15) is 22.7 Å². The van der Waals surface area contributed by atoms with Crippen molar-refractivity contribution >= 4 is 38.3 Å². The summed E-state index contributed by atoms with van der Waals surface area (Å²) in [6.07, 6.45) is 0.175. The lowest BCUT2D eigenvalue weighted by Crippen LogP contribution is -2.10. The summed E-state index contributed by atoms with van der Waals surface area (Å²) in [5.41, 5.74) is 1.89. The molecule has 0 aliphatic heterocycles. The fourth-order valence-electron chi connectivity index (χ4n) is 3.59. The molecule has 2 aromatic carbocycles. The van der Waals surface area contributed by atoms with E-state index in [4.69, 9.17) is 16.0 Å². The van der Waals surface area contributed by atoms with Crippen molar-refractivity contribution in [3.05, 3.63) is 82.5 Å². The fourth-order valence-corrected chi connectivity index (χ4v) is 4.90. The van der Waals surface area contributed by atoms with E-state index in [1.807, 2.05) is 0 Å². The van der Waals surface area contributed by atoms with E-state index < -0.39 is 21.6 Å². The zero-order valence-corrected chi connectivity index (χ0v) is 17.9. The van der Waals surface area contributed by atoms with Gasteiger partial charge in [0, 0.05) is 28.0 Å². The van der Waals surface area contributed by atoms with E-state index in [2.05, 4.69) is 0 Å². The Balaban J connectivity index is 1.73. The summed E-state index contributed by atoms with van der Waals surface area (Å²) < 4.78 is 46.7. The molecule has 1 N–H and O–H groups in total. The van der Waals surface area contributed by atoms with Crippen LogP contribution < -0.4 is 0 Å². The molecule has 0 amide bonds. The molecule has 9 heteroatoms. The molecule has 6 nitrogen and oxygen atoms in total. The SMILES string of the molecule is Cc1c(Cc2ccc(S(=O)(=O)c3ccc(Cl)cc3)o2)c2cc(F)ccc2n1CC(=O)O. The number of sulfone groups is 1. The smallest absolute Gasteiger partial charge is 0.323 e. The molecule has 0 spiro atoms. The van der Waals surface area contributed by atoms with Crippen molar-refractivity contribution in [2.24, 2.45) is 0 Å². The number of hydrogen-bond donors (Lipinski definition) is 1. The number of halogens is 2. The van der Waals surface area contributed by atoms with Crippen LogP contribution in [0.15, 0.2) is 69.0 Å². The fraction of sp³-hybridized carbons (Fsp3) is 0.136. The Morgan fingerprint density at radius 1 is 1.13 bits per heavy atom. The highest BCUT2D eigenvalue weighted by Crippen LogP contribution is 2.31. The molecular formula is C22H17ClFNO5S. The average Bonchev–Trinajstić information content (AvgIpc) is 3.28. The first-order valence-electron chi connectivity index (χ1n) is 9.25. The van der Waals surface area contributed by atoms with Crippen LogP contribution in [0.3, 0.4) is 0 Å². The first-order chi connectivity index (χ1) is 14.7. The van der Waals surface area contributed by atoms with E-state index in [1.165, 1.54) is 48.5 Å². The van der Waals surface area contributed by atoms with Gasteiger partial charge in [0.2, 0.25) is 14.9 Å². The van der Waals surface area contributed by atoms with E-state index in [0.29, 0.717) is 32.9 Å². The van der Waals surface area contributed by atoms with E-state index in [0.717, 1.165) is 0 Å². The Morgan fingerprint density at radius 2 is 1.84 bits per heavy atom. The maximum Gasteiger partial charge on any atom is 0.323 e. The van der Waals surface area contributed by atoms with Crippen LogP contribution in [-0.4, -0.2) is 24.1 Å². The summed E-state index contributed by atoms with van der Waals surface area (Å²) in [7, 11) is -3.87. The van der Waals surface area contributed by atoms with Crippen molar-refractivity contribution in [1.29, 1.82) is 0 Å². The van der Waals surface area contributed by atoms with Crippen LogP contribution in [0, 0.1) is 12.7 Å². The van der Waals surface area contributed by atoms with E-state index in [1.54, 1.807) is 17.6 Å². The van der Waals surface area contributed by atoms with Gasteiger partial charge in [0.15, 0.2) is 0 Å². The Morgan fingerprint density at radius 3 is 2.52 bits per heavy atom. The molecule has 0 saturated heterocycles. The lowest BCUT2D eigenvalue weighted by atomic mass is 10.1. The molecule has 2 heterocycles. The molecule has 2 aromatic heterocycles. The van der Waals surface area contributed by atoms with Gasteiger partial charge >= 0.3 is 5.97 Å². The minimum absolute atomic E-state index is 0.0501. The largest absolute Gasteiger partial charge is 0.480 e. The monoisotopic (exact) mass is 461 g/mol. The van der Waals surface area contributed by atoms with Gasteiger partial charge in [-0.3, -0.25) is 4.79 Å². The number of benzene rings is 2. The number of aromatic nitrogens is 1. The Kier molecular flexibility index (Phi) is 5.36. The van der Waals surface area contributed by atoms with Gasteiger partial charge in [0.1, 0.15) is 18.1 Å². The van der Waals surface area contributed by atoms with Crippen LogP contribution in [0.5, 0.6) is 0 Å². The van der Waals surface area contributed by atoms with Crippen LogP contribution in [0.25, 0.3) is 10.9 Å². The first kappa shape index (κ1) is 21.1. The topological polar surface area (TPSA) is 89.5 Å².